The van der Waals surface area contributed by atoms with Gasteiger partial charge in [0.1, 0.15) is 11.6 Å². The summed E-state index contributed by atoms with van der Waals surface area (Å²) in [5, 5.41) is 6.02. The fraction of sp³-hybridized carbons (Fsp3) is 0.409. The van der Waals surface area contributed by atoms with Crippen LogP contribution in [0.4, 0.5) is 10.2 Å². The van der Waals surface area contributed by atoms with Crippen molar-refractivity contribution in [3.63, 3.8) is 0 Å². The summed E-state index contributed by atoms with van der Waals surface area (Å²) in [5.74, 6) is 0.179. The maximum atomic E-state index is 13.8. The molecular weight excluding hydrogens is 371 g/mol. The van der Waals surface area contributed by atoms with Gasteiger partial charge in [-0.25, -0.2) is 9.37 Å². The van der Waals surface area contributed by atoms with Crippen molar-refractivity contribution in [2.75, 3.05) is 31.5 Å². The first kappa shape index (κ1) is 20.8. The Labute approximate surface area is 170 Å². The molecule has 6 nitrogen and oxygen atoms in total. The Bertz CT molecular complexity index is 843. The SMILES string of the molecule is O=C1CN(C(=O)CCc2ccccc2F)CCCCc2cccc(n2)NCCN1. The van der Waals surface area contributed by atoms with Crippen LogP contribution in [0.15, 0.2) is 42.5 Å². The second kappa shape index (κ2) is 10.5. The number of fused-ring (bicyclic) bond motifs is 2. The van der Waals surface area contributed by atoms with Crippen molar-refractivity contribution >= 4 is 17.6 Å². The average Bonchev–Trinajstić information content (AvgIpc) is 2.72. The van der Waals surface area contributed by atoms with Crippen LogP contribution in [0.5, 0.6) is 0 Å². The van der Waals surface area contributed by atoms with Crippen LogP contribution in [0, 0.1) is 5.82 Å². The van der Waals surface area contributed by atoms with Gasteiger partial charge in [-0.2, -0.15) is 0 Å². The highest BCUT2D eigenvalue weighted by atomic mass is 19.1. The lowest BCUT2D eigenvalue weighted by Crippen LogP contribution is -2.42. The summed E-state index contributed by atoms with van der Waals surface area (Å²) in [4.78, 5) is 31.1. The molecule has 2 amide bonds. The summed E-state index contributed by atoms with van der Waals surface area (Å²) in [5.41, 5.74) is 1.53. The topological polar surface area (TPSA) is 74.3 Å². The van der Waals surface area contributed by atoms with E-state index in [0.717, 1.165) is 30.8 Å². The monoisotopic (exact) mass is 398 g/mol. The Kier molecular flexibility index (Phi) is 7.55. The third kappa shape index (κ3) is 6.55. The van der Waals surface area contributed by atoms with E-state index in [1.54, 1.807) is 23.1 Å². The summed E-state index contributed by atoms with van der Waals surface area (Å²) in [6, 6.07) is 12.3. The molecule has 2 bridgehead atoms. The molecule has 0 unspecified atom stereocenters. The number of aromatic nitrogens is 1. The molecule has 0 fully saturated rings. The fourth-order valence-corrected chi connectivity index (χ4v) is 3.34. The maximum absolute atomic E-state index is 13.8. The van der Waals surface area contributed by atoms with Gasteiger partial charge in [-0.3, -0.25) is 9.59 Å². The van der Waals surface area contributed by atoms with Crippen LogP contribution in [0.3, 0.4) is 0 Å². The highest BCUT2D eigenvalue weighted by Crippen LogP contribution is 2.12. The molecule has 1 aromatic carbocycles. The predicted octanol–water partition coefficient (Wildman–Crippen LogP) is 2.55. The lowest BCUT2D eigenvalue weighted by atomic mass is 10.1. The van der Waals surface area contributed by atoms with Gasteiger partial charge in [-0.05, 0) is 49.4 Å². The van der Waals surface area contributed by atoms with Crippen molar-refractivity contribution in [1.82, 2.24) is 15.2 Å². The van der Waals surface area contributed by atoms with Crippen LogP contribution in [0.25, 0.3) is 0 Å². The zero-order chi connectivity index (χ0) is 20.5. The first-order valence-electron chi connectivity index (χ1n) is 10.1. The maximum Gasteiger partial charge on any atom is 0.239 e. The van der Waals surface area contributed by atoms with Crippen LogP contribution in [0.2, 0.25) is 0 Å². The van der Waals surface area contributed by atoms with Gasteiger partial charge in [0, 0.05) is 31.7 Å². The molecule has 0 spiro atoms. The van der Waals surface area contributed by atoms with Crippen molar-refractivity contribution in [2.45, 2.75) is 32.1 Å². The van der Waals surface area contributed by atoms with Gasteiger partial charge >= 0.3 is 0 Å². The molecule has 3 rings (SSSR count). The lowest BCUT2D eigenvalue weighted by molar-refractivity contribution is -0.136. The molecule has 7 heteroatoms. The van der Waals surface area contributed by atoms with E-state index in [9.17, 15) is 14.0 Å². The van der Waals surface area contributed by atoms with Crippen LogP contribution in [-0.4, -0.2) is 47.9 Å². The number of halogens is 1. The summed E-state index contributed by atoms with van der Waals surface area (Å²) in [6.07, 6.45) is 2.97. The molecule has 1 aliphatic rings. The molecule has 0 radical (unpaired) electrons. The number of nitrogens with zero attached hydrogens (tertiary/aromatic N) is 2. The van der Waals surface area contributed by atoms with E-state index in [2.05, 4.69) is 15.6 Å². The number of pyridine rings is 1. The number of carbonyl (C=O) groups excluding carboxylic acids is 2. The van der Waals surface area contributed by atoms with Crippen LogP contribution < -0.4 is 10.6 Å². The van der Waals surface area contributed by atoms with Gasteiger partial charge < -0.3 is 15.5 Å². The van der Waals surface area contributed by atoms with Crippen molar-refractivity contribution in [1.29, 1.82) is 0 Å². The lowest BCUT2D eigenvalue weighted by Gasteiger charge is -2.23. The highest BCUT2D eigenvalue weighted by molar-refractivity contribution is 5.84. The number of benzene rings is 1. The normalized spacial score (nSPS) is 15.8. The first-order valence-corrected chi connectivity index (χ1v) is 10.1. The minimum absolute atomic E-state index is 0.0274. The molecule has 2 aromatic rings. The van der Waals surface area contributed by atoms with Gasteiger partial charge in [-0.15, -0.1) is 0 Å². The Morgan fingerprint density at radius 1 is 1.07 bits per heavy atom. The second-order valence-electron chi connectivity index (χ2n) is 7.15. The third-order valence-corrected chi connectivity index (χ3v) is 4.92. The molecule has 29 heavy (non-hydrogen) atoms. The predicted molar refractivity (Wildman–Crippen MR) is 110 cm³/mol. The molecule has 1 aliphatic heterocycles. The molecule has 154 valence electrons. The number of aryl methyl sites for hydroxylation is 2. The molecule has 1 aromatic heterocycles. The summed E-state index contributed by atoms with van der Waals surface area (Å²) >= 11 is 0. The molecule has 0 saturated heterocycles. The number of rotatable bonds is 3. The van der Waals surface area contributed by atoms with E-state index in [0.29, 0.717) is 31.6 Å². The number of anilines is 1. The second-order valence-corrected chi connectivity index (χ2v) is 7.15. The Morgan fingerprint density at radius 2 is 1.90 bits per heavy atom. The standard InChI is InChI=1S/C22H27FN4O2/c23-19-9-2-1-6-17(19)11-12-22(29)27-15-4-3-7-18-8-5-10-20(26-18)24-13-14-25-21(28)16-27/h1-2,5-6,8-10H,3-4,7,11-16H2,(H,24,26)(H,25,28). The van der Waals surface area contributed by atoms with Gasteiger partial charge in [-0.1, -0.05) is 24.3 Å². The highest BCUT2D eigenvalue weighted by Gasteiger charge is 2.17. The smallest absolute Gasteiger partial charge is 0.239 e. The van der Waals surface area contributed by atoms with Crippen molar-refractivity contribution in [3.05, 3.63) is 59.5 Å². The summed E-state index contributed by atoms with van der Waals surface area (Å²) in [6.45, 7) is 1.53. The summed E-state index contributed by atoms with van der Waals surface area (Å²) in [7, 11) is 0. The molecule has 2 N–H and O–H groups in total. The molecule has 2 heterocycles. The van der Waals surface area contributed by atoms with E-state index in [1.165, 1.54) is 6.07 Å². The quantitative estimate of drug-likeness (QED) is 0.833. The van der Waals surface area contributed by atoms with E-state index in [4.69, 9.17) is 0 Å². The van der Waals surface area contributed by atoms with Crippen LogP contribution in [0.1, 0.15) is 30.5 Å². The van der Waals surface area contributed by atoms with Gasteiger partial charge in [0.15, 0.2) is 0 Å². The Hall–Kier alpha value is -2.96. The van der Waals surface area contributed by atoms with Crippen LogP contribution in [-0.2, 0) is 22.4 Å². The Balaban J connectivity index is 1.60. The first-order chi connectivity index (χ1) is 14.1. The van der Waals surface area contributed by atoms with E-state index < -0.39 is 0 Å². The summed E-state index contributed by atoms with van der Waals surface area (Å²) < 4.78 is 13.8. The molecule has 0 saturated carbocycles. The van der Waals surface area contributed by atoms with Crippen molar-refractivity contribution < 1.29 is 14.0 Å². The third-order valence-electron chi connectivity index (χ3n) is 4.92. The average molecular weight is 398 g/mol. The fourth-order valence-electron chi connectivity index (χ4n) is 3.34. The van der Waals surface area contributed by atoms with E-state index in [-0.39, 0.29) is 30.6 Å². The molecule has 0 atom stereocenters. The number of amides is 2. The van der Waals surface area contributed by atoms with E-state index >= 15 is 0 Å². The largest absolute Gasteiger partial charge is 0.368 e. The van der Waals surface area contributed by atoms with Gasteiger partial charge in [0.25, 0.3) is 0 Å². The van der Waals surface area contributed by atoms with Gasteiger partial charge in [0.05, 0.1) is 6.54 Å². The van der Waals surface area contributed by atoms with Crippen LogP contribution >= 0.6 is 0 Å². The Morgan fingerprint density at radius 3 is 2.76 bits per heavy atom. The molecular formula is C22H27FN4O2. The number of nitrogens with one attached hydrogen (secondary N) is 2. The number of carbonyl (C=O) groups is 2. The minimum Gasteiger partial charge on any atom is -0.368 e. The molecule has 0 aliphatic carbocycles. The van der Waals surface area contributed by atoms with Crippen molar-refractivity contribution in [2.24, 2.45) is 0 Å². The van der Waals surface area contributed by atoms with Gasteiger partial charge in [0.2, 0.25) is 11.8 Å². The number of hydrogen-bond donors (Lipinski definition) is 2. The minimum atomic E-state index is -0.304. The number of hydrogen-bond acceptors (Lipinski definition) is 4. The zero-order valence-electron chi connectivity index (χ0n) is 16.5. The van der Waals surface area contributed by atoms with Crippen molar-refractivity contribution in [3.8, 4) is 0 Å². The zero-order valence-corrected chi connectivity index (χ0v) is 16.5. The van der Waals surface area contributed by atoms with E-state index in [1.807, 2.05) is 18.2 Å².